The lowest BCUT2D eigenvalue weighted by atomic mass is 10.0. The van der Waals surface area contributed by atoms with E-state index in [2.05, 4.69) is 23.2 Å². The highest BCUT2D eigenvalue weighted by Gasteiger charge is 2.08. The van der Waals surface area contributed by atoms with Crippen LogP contribution in [-0.4, -0.2) is 4.98 Å². The first-order valence-electron chi connectivity index (χ1n) is 6.47. The maximum Gasteiger partial charge on any atom is 0.124 e. The molecule has 0 spiro atoms. The van der Waals surface area contributed by atoms with Gasteiger partial charge in [0.2, 0.25) is 0 Å². The van der Waals surface area contributed by atoms with Crippen molar-refractivity contribution in [2.75, 3.05) is 0 Å². The fraction of sp³-hybridized carbons (Fsp3) is 0.118. The number of pyridine rings is 1. The molecule has 0 amide bonds. The normalized spacial score (nSPS) is 10.7. The maximum absolute atomic E-state index is 6.10. The number of halogens is 1. The molecule has 0 aliphatic rings. The van der Waals surface area contributed by atoms with E-state index in [9.17, 15) is 0 Å². The van der Waals surface area contributed by atoms with E-state index in [4.69, 9.17) is 16.3 Å². The molecule has 0 bridgehead atoms. The standard InChI is InChI=1S/C17H14ClNO/c18-10-16-15-6-2-1-5-14(15)7-8-17(16)20-12-13-4-3-9-19-11-13/h1-9,11H,10,12H2. The first-order chi connectivity index (χ1) is 9.88. The number of aromatic nitrogens is 1. The lowest BCUT2D eigenvalue weighted by molar-refractivity contribution is 0.304. The van der Waals surface area contributed by atoms with E-state index in [1.807, 2.05) is 30.3 Å². The van der Waals surface area contributed by atoms with E-state index < -0.39 is 0 Å². The van der Waals surface area contributed by atoms with E-state index in [1.54, 1.807) is 12.4 Å². The third kappa shape index (κ3) is 2.61. The third-order valence-electron chi connectivity index (χ3n) is 3.25. The number of rotatable bonds is 4. The molecule has 0 saturated carbocycles. The van der Waals surface area contributed by atoms with Crippen LogP contribution in [-0.2, 0) is 12.5 Å². The van der Waals surface area contributed by atoms with E-state index in [0.29, 0.717) is 12.5 Å². The second kappa shape index (κ2) is 5.93. The minimum atomic E-state index is 0.434. The lowest BCUT2D eigenvalue weighted by Crippen LogP contribution is -1.98. The molecule has 0 saturated heterocycles. The Bertz CT molecular complexity index is 713. The number of hydrogen-bond donors (Lipinski definition) is 0. The Kier molecular flexibility index (Phi) is 3.84. The molecule has 3 aromatic rings. The molecule has 1 heterocycles. The van der Waals surface area contributed by atoms with Crippen molar-refractivity contribution in [3.63, 3.8) is 0 Å². The van der Waals surface area contributed by atoms with Crippen molar-refractivity contribution in [3.05, 3.63) is 72.1 Å². The fourth-order valence-corrected chi connectivity index (χ4v) is 2.51. The number of fused-ring (bicyclic) bond motifs is 1. The Balaban J connectivity index is 1.91. The molecule has 0 radical (unpaired) electrons. The fourth-order valence-electron chi connectivity index (χ4n) is 2.23. The van der Waals surface area contributed by atoms with E-state index in [-0.39, 0.29) is 0 Å². The highest BCUT2D eigenvalue weighted by atomic mass is 35.5. The Labute approximate surface area is 123 Å². The highest BCUT2D eigenvalue weighted by Crippen LogP contribution is 2.30. The summed E-state index contributed by atoms with van der Waals surface area (Å²) in [4.78, 5) is 4.08. The van der Waals surface area contributed by atoms with Crippen LogP contribution < -0.4 is 4.74 Å². The molecule has 0 aliphatic heterocycles. The zero-order valence-electron chi connectivity index (χ0n) is 10.9. The zero-order valence-corrected chi connectivity index (χ0v) is 11.7. The largest absolute Gasteiger partial charge is 0.488 e. The summed E-state index contributed by atoms with van der Waals surface area (Å²) < 4.78 is 5.90. The van der Waals surface area contributed by atoms with Crippen molar-refractivity contribution in [3.8, 4) is 5.75 Å². The Hall–Kier alpha value is -2.06. The van der Waals surface area contributed by atoms with Gasteiger partial charge in [-0.05, 0) is 22.9 Å². The van der Waals surface area contributed by atoms with Gasteiger partial charge in [0, 0.05) is 23.5 Å². The number of benzene rings is 2. The molecule has 2 nitrogen and oxygen atoms in total. The molecule has 20 heavy (non-hydrogen) atoms. The Morgan fingerprint density at radius 2 is 1.90 bits per heavy atom. The summed E-state index contributed by atoms with van der Waals surface area (Å²) in [7, 11) is 0. The van der Waals surface area contributed by atoms with Crippen LogP contribution in [0.4, 0.5) is 0 Å². The molecule has 3 rings (SSSR count). The van der Waals surface area contributed by atoms with Crippen molar-refractivity contribution in [2.24, 2.45) is 0 Å². The summed E-state index contributed by atoms with van der Waals surface area (Å²) in [5.74, 6) is 1.27. The van der Waals surface area contributed by atoms with Crippen LogP contribution in [0.1, 0.15) is 11.1 Å². The molecule has 0 fully saturated rings. The summed E-state index contributed by atoms with van der Waals surface area (Å²) in [6.07, 6.45) is 3.56. The van der Waals surface area contributed by atoms with Crippen molar-refractivity contribution in [1.82, 2.24) is 4.98 Å². The monoisotopic (exact) mass is 283 g/mol. The molecule has 100 valence electrons. The smallest absolute Gasteiger partial charge is 0.124 e. The third-order valence-corrected chi connectivity index (χ3v) is 3.52. The predicted molar refractivity (Wildman–Crippen MR) is 82.1 cm³/mol. The number of nitrogens with zero attached hydrogens (tertiary/aromatic N) is 1. The summed E-state index contributed by atoms with van der Waals surface area (Å²) in [5.41, 5.74) is 2.08. The minimum absolute atomic E-state index is 0.434. The van der Waals surface area contributed by atoms with Crippen LogP contribution in [0.5, 0.6) is 5.75 Å². The van der Waals surface area contributed by atoms with Gasteiger partial charge in [-0.25, -0.2) is 0 Å². The van der Waals surface area contributed by atoms with Gasteiger partial charge in [-0.1, -0.05) is 36.4 Å². The van der Waals surface area contributed by atoms with Gasteiger partial charge in [0.25, 0.3) is 0 Å². The van der Waals surface area contributed by atoms with Crippen molar-refractivity contribution in [2.45, 2.75) is 12.5 Å². The average Bonchev–Trinajstić information content (AvgIpc) is 2.53. The van der Waals surface area contributed by atoms with E-state index in [0.717, 1.165) is 22.3 Å². The Morgan fingerprint density at radius 1 is 1.00 bits per heavy atom. The van der Waals surface area contributed by atoms with Crippen molar-refractivity contribution in [1.29, 1.82) is 0 Å². The molecule has 0 unspecified atom stereocenters. The molecule has 3 heteroatoms. The van der Waals surface area contributed by atoms with Gasteiger partial charge in [-0.15, -0.1) is 11.6 Å². The molecule has 0 aliphatic carbocycles. The van der Waals surface area contributed by atoms with Crippen LogP contribution in [0.2, 0.25) is 0 Å². The van der Waals surface area contributed by atoms with Crippen molar-refractivity contribution < 1.29 is 4.74 Å². The van der Waals surface area contributed by atoms with Gasteiger partial charge in [0.1, 0.15) is 12.4 Å². The summed E-state index contributed by atoms with van der Waals surface area (Å²) in [5, 5.41) is 2.32. The molecule has 0 N–H and O–H groups in total. The second-order valence-electron chi connectivity index (χ2n) is 4.55. The van der Waals surface area contributed by atoms with Crippen LogP contribution in [0.25, 0.3) is 10.8 Å². The highest BCUT2D eigenvalue weighted by molar-refractivity contribution is 6.18. The average molecular weight is 284 g/mol. The predicted octanol–water partition coefficient (Wildman–Crippen LogP) is 4.55. The zero-order chi connectivity index (χ0) is 13.8. The molecule has 0 atom stereocenters. The number of hydrogen-bond acceptors (Lipinski definition) is 2. The van der Waals surface area contributed by atoms with Crippen molar-refractivity contribution >= 4 is 22.4 Å². The number of ether oxygens (including phenoxy) is 1. The molecular weight excluding hydrogens is 270 g/mol. The number of alkyl halides is 1. The van der Waals surface area contributed by atoms with Gasteiger partial charge in [0.15, 0.2) is 0 Å². The molecular formula is C17H14ClNO. The van der Waals surface area contributed by atoms with Gasteiger partial charge in [-0.3, -0.25) is 4.98 Å². The topological polar surface area (TPSA) is 22.1 Å². The first kappa shape index (κ1) is 12.9. The second-order valence-corrected chi connectivity index (χ2v) is 4.81. The minimum Gasteiger partial charge on any atom is -0.488 e. The van der Waals surface area contributed by atoms with Gasteiger partial charge < -0.3 is 4.74 Å². The van der Waals surface area contributed by atoms with Crippen LogP contribution >= 0.6 is 11.6 Å². The summed E-state index contributed by atoms with van der Waals surface area (Å²) >= 11 is 6.10. The van der Waals surface area contributed by atoms with Crippen LogP contribution in [0.15, 0.2) is 60.9 Å². The quantitative estimate of drug-likeness (QED) is 0.655. The Morgan fingerprint density at radius 3 is 2.70 bits per heavy atom. The molecule has 2 aromatic carbocycles. The van der Waals surface area contributed by atoms with Crippen LogP contribution in [0.3, 0.4) is 0 Å². The first-order valence-corrected chi connectivity index (χ1v) is 7.00. The molecule has 1 aromatic heterocycles. The van der Waals surface area contributed by atoms with E-state index >= 15 is 0 Å². The summed E-state index contributed by atoms with van der Waals surface area (Å²) in [6, 6.07) is 16.1. The van der Waals surface area contributed by atoms with Gasteiger partial charge in [-0.2, -0.15) is 0 Å². The van der Waals surface area contributed by atoms with Gasteiger partial charge >= 0.3 is 0 Å². The lowest BCUT2D eigenvalue weighted by Gasteiger charge is -2.12. The maximum atomic E-state index is 6.10. The van der Waals surface area contributed by atoms with Crippen LogP contribution in [0, 0.1) is 0 Å². The van der Waals surface area contributed by atoms with E-state index in [1.165, 1.54) is 5.39 Å². The van der Waals surface area contributed by atoms with Gasteiger partial charge in [0.05, 0.1) is 5.88 Å². The SMILES string of the molecule is ClCc1c(OCc2cccnc2)ccc2ccccc12. The summed E-state index contributed by atoms with van der Waals surface area (Å²) in [6.45, 7) is 0.496.